The predicted octanol–water partition coefficient (Wildman–Crippen LogP) is 3.00. The van der Waals surface area contributed by atoms with Gasteiger partial charge in [0.25, 0.3) is 5.91 Å². The molecule has 8 nitrogen and oxygen atoms in total. The number of hydrogen-bond donors (Lipinski definition) is 2. The number of aryl methyl sites for hydroxylation is 1. The van der Waals surface area contributed by atoms with Crippen molar-refractivity contribution in [2.45, 2.75) is 26.6 Å². The van der Waals surface area contributed by atoms with Crippen LogP contribution < -0.4 is 15.8 Å². The van der Waals surface area contributed by atoms with Crippen LogP contribution in [0.5, 0.6) is 5.88 Å². The number of pyridine rings is 1. The Balaban J connectivity index is 2.04. The number of fused-ring (bicyclic) bond motifs is 1. The SMILES string of the molecule is COC(C)(C)Oc1ncccc1Nc1ncnc2sc(C(N)=O)c(C)c12. The Morgan fingerprint density at radius 1 is 1.31 bits per heavy atom. The van der Waals surface area contributed by atoms with Crippen LogP contribution in [-0.2, 0) is 4.74 Å². The highest BCUT2D eigenvalue weighted by Crippen LogP contribution is 2.36. The number of methoxy groups -OCH3 is 1. The van der Waals surface area contributed by atoms with Gasteiger partial charge in [-0.15, -0.1) is 11.3 Å². The molecule has 0 bridgehead atoms. The molecule has 3 aromatic rings. The molecule has 0 spiro atoms. The van der Waals surface area contributed by atoms with E-state index in [2.05, 4.69) is 20.3 Å². The Morgan fingerprint density at radius 3 is 2.77 bits per heavy atom. The molecule has 136 valence electrons. The van der Waals surface area contributed by atoms with E-state index in [1.165, 1.54) is 17.7 Å². The molecule has 0 aliphatic rings. The van der Waals surface area contributed by atoms with E-state index in [4.69, 9.17) is 15.2 Å². The number of ether oxygens (including phenoxy) is 2. The number of nitrogens with zero attached hydrogens (tertiary/aromatic N) is 3. The molecule has 0 atom stereocenters. The zero-order valence-corrected chi connectivity index (χ0v) is 15.7. The number of rotatable bonds is 6. The van der Waals surface area contributed by atoms with Crippen molar-refractivity contribution in [1.82, 2.24) is 15.0 Å². The molecule has 0 fully saturated rings. The molecule has 1 amide bonds. The number of aromatic nitrogens is 3. The summed E-state index contributed by atoms with van der Waals surface area (Å²) >= 11 is 1.24. The van der Waals surface area contributed by atoms with Crippen LogP contribution in [0.1, 0.15) is 29.1 Å². The standard InChI is InChI=1S/C17H19N5O3S/c1-9-11-14(20-8-21-16(11)26-12(9)13(18)23)22-10-6-5-7-19-15(10)25-17(2,3)24-4/h5-8H,1-4H3,(H2,18,23)(H,20,21,22). The molecule has 0 saturated heterocycles. The van der Waals surface area contributed by atoms with Gasteiger partial charge < -0.3 is 20.5 Å². The van der Waals surface area contributed by atoms with Crippen molar-refractivity contribution < 1.29 is 14.3 Å². The van der Waals surface area contributed by atoms with Gasteiger partial charge in [-0.1, -0.05) is 0 Å². The Hall–Kier alpha value is -2.78. The number of hydrogen-bond acceptors (Lipinski definition) is 8. The monoisotopic (exact) mass is 373 g/mol. The second kappa shape index (κ2) is 6.85. The Kier molecular flexibility index (Phi) is 4.75. The van der Waals surface area contributed by atoms with E-state index in [1.807, 2.05) is 13.0 Å². The van der Waals surface area contributed by atoms with Gasteiger partial charge in [0, 0.05) is 27.2 Å². The quantitative estimate of drug-likeness (QED) is 0.639. The fourth-order valence-electron chi connectivity index (χ4n) is 2.37. The lowest BCUT2D eigenvalue weighted by Crippen LogP contribution is -2.30. The molecule has 3 N–H and O–H groups in total. The maximum Gasteiger partial charge on any atom is 0.259 e. The summed E-state index contributed by atoms with van der Waals surface area (Å²) in [6.45, 7) is 5.40. The molecule has 0 radical (unpaired) electrons. The number of amides is 1. The van der Waals surface area contributed by atoms with Crippen LogP contribution in [-0.4, -0.2) is 33.8 Å². The fourth-order valence-corrected chi connectivity index (χ4v) is 3.37. The number of thiophene rings is 1. The summed E-state index contributed by atoms with van der Waals surface area (Å²) in [7, 11) is 1.56. The lowest BCUT2D eigenvalue weighted by molar-refractivity contribution is -0.135. The van der Waals surface area contributed by atoms with Gasteiger partial charge in [0.05, 0.1) is 10.3 Å². The predicted molar refractivity (Wildman–Crippen MR) is 99.9 cm³/mol. The van der Waals surface area contributed by atoms with E-state index in [9.17, 15) is 4.79 Å². The summed E-state index contributed by atoms with van der Waals surface area (Å²) in [5, 5.41) is 3.96. The summed E-state index contributed by atoms with van der Waals surface area (Å²) in [5.74, 6) is -0.412. The average Bonchev–Trinajstić information content (AvgIpc) is 2.95. The van der Waals surface area contributed by atoms with E-state index >= 15 is 0 Å². The minimum atomic E-state index is -0.844. The summed E-state index contributed by atoms with van der Waals surface area (Å²) in [6, 6.07) is 3.60. The van der Waals surface area contributed by atoms with Gasteiger partial charge >= 0.3 is 0 Å². The van der Waals surface area contributed by atoms with Crippen LogP contribution in [0.25, 0.3) is 10.2 Å². The lowest BCUT2D eigenvalue weighted by atomic mass is 10.2. The lowest BCUT2D eigenvalue weighted by Gasteiger charge is -2.25. The van der Waals surface area contributed by atoms with Crippen molar-refractivity contribution in [2.24, 2.45) is 5.73 Å². The normalized spacial score (nSPS) is 11.5. The second-order valence-corrected chi connectivity index (χ2v) is 7.01. The molecular weight excluding hydrogens is 354 g/mol. The highest BCUT2D eigenvalue weighted by atomic mass is 32.1. The minimum absolute atomic E-state index is 0.370. The van der Waals surface area contributed by atoms with Gasteiger partial charge in [0.1, 0.15) is 22.7 Å². The summed E-state index contributed by atoms with van der Waals surface area (Å²) in [5.41, 5.74) is 6.80. The van der Waals surface area contributed by atoms with Crippen LogP contribution in [0.2, 0.25) is 0 Å². The van der Waals surface area contributed by atoms with E-state index < -0.39 is 11.7 Å². The molecule has 0 aliphatic carbocycles. The zero-order chi connectivity index (χ0) is 18.9. The highest BCUT2D eigenvalue weighted by Gasteiger charge is 2.22. The largest absolute Gasteiger partial charge is 0.444 e. The molecule has 3 rings (SSSR count). The number of nitrogens with two attached hydrogens (primary N) is 1. The third-order valence-corrected chi connectivity index (χ3v) is 5.02. The van der Waals surface area contributed by atoms with Crippen LogP contribution in [0.3, 0.4) is 0 Å². The van der Waals surface area contributed by atoms with Crippen molar-refractivity contribution in [3.8, 4) is 5.88 Å². The Morgan fingerprint density at radius 2 is 2.08 bits per heavy atom. The van der Waals surface area contributed by atoms with Gasteiger partial charge in [-0.05, 0) is 24.6 Å². The highest BCUT2D eigenvalue weighted by molar-refractivity contribution is 7.20. The number of primary amides is 1. The van der Waals surface area contributed by atoms with Gasteiger partial charge in [0.15, 0.2) is 0 Å². The first-order valence-corrected chi connectivity index (χ1v) is 8.64. The number of nitrogens with one attached hydrogen (secondary N) is 1. The number of anilines is 2. The summed E-state index contributed by atoms with van der Waals surface area (Å²) in [6.07, 6.45) is 3.06. The number of carbonyl (C=O) groups excluding carboxylic acids is 1. The zero-order valence-electron chi connectivity index (χ0n) is 14.9. The Labute approximate surface area is 154 Å². The van der Waals surface area contributed by atoms with Crippen molar-refractivity contribution in [3.05, 3.63) is 35.1 Å². The average molecular weight is 373 g/mol. The van der Waals surface area contributed by atoms with Crippen LogP contribution in [0.15, 0.2) is 24.7 Å². The smallest absolute Gasteiger partial charge is 0.259 e. The first kappa shape index (κ1) is 18.0. The van der Waals surface area contributed by atoms with Gasteiger partial charge in [-0.2, -0.15) is 0 Å². The van der Waals surface area contributed by atoms with Crippen molar-refractivity contribution in [2.75, 3.05) is 12.4 Å². The van der Waals surface area contributed by atoms with Crippen LogP contribution in [0.4, 0.5) is 11.5 Å². The van der Waals surface area contributed by atoms with Gasteiger partial charge in [0.2, 0.25) is 11.7 Å². The Bertz CT molecular complexity index is 970. The molecule has 9 heteroatoms. The summed E-state index contributed by atoms with van der Waals surface area (Å²) < 4.78 is 11.1. The third kappa shape index (κ3) is 3.44. The molecule has 3 aromatic heterocycles. The van der Waals surface area contributed by atoms with Crippen LogP contribution >= 0.6 is 11.3 Å². The first-order valence-electron chi connectivity index (χ1n) is 7.82. The number of carbonyl (C=O) groups is 1. The van der Waals surface area contributed by atoms with E-state index in [0.29, 0.717) is 27.1 Å². The van der Waals surface area contributed by atoms with Crippen molar-refractivity contribution in [1.29, 1.82) is 0 Å². The molecule has 26 heavy (non-hydrogen) atoms. The second-order valence-electron chi connectivity index (χ2n) is 6.01. The third-order valence-electron chi connectivity index (χ3n) is 3.81. The van der Waals surface area contributed by atoms with Gasteiger partial charge in [-0.25, -0.2) is 15.0 Å². The molecule has 3 heterocycles. The van der Waals surface area contributed by atoms with Crippen molar-refractivity contribution >= 4 is 39.0 Å². The van der Waals surface area contributed by atoms with E-state index in [1.54, 1.807) is 33.2 Å². The fraction of sp³-hybridized carbons (Fsp3) is 0.294. The van der Waals surface area contributed by atoms with E-state index in [-0.39, 0.29) is 0 Å². The maximum absolute atomic E-state index is 11.6. The summed E-state index contributed by atoms with van der Waals surface area (Å²) in [4.78, 5) is 25.6. The molecule has 0 unspecified atom stereocenters. The van der Waals surface area contributed by atoms with Crippen LogP contribution in [0, 0.1) is 6.92 Å². The molecule has 0 aliphatic heterocycles. The molecule has 0 saturated carbocycles. The maximum atomic E-state index is 11.6. The first-order chi connectivity index (χ1) is 12.3. The minimum Gasteiger partial charge on any atom is -0.444 e. The van der Waals surface area contributed by atoms with Crippen molar-refractivity contribution in [3.63, 3.8) is 0 Å². The van der Waals surface area contributed by atoms with Gasteiger partial charge in [-0.3, -0.25) is 4.79 Å². The molecule has 0 aromatic carbocycles. The van der Waals surface area contributed by atoms with E-state index in [0.717, 1.165) is 10.9 Å². The molecular formula is C17H19N5O3S. The topological polar surface area (TPSA) is 112 Å².